The van der Waals surface area contributed by atoms with Crippen LogP contribution in [0.3, 0.4) is 0 Å². The van der Waals surface area contributed by atoms with Gasteiger partial charge in [0.1, 0.15) is 11.4 Å². The Balaban J connectivity index is 1.41. The van der Waals surface area contributed by atoms with Gasteiger partial charge in [-0.25, -0.2) is 0 Å². The third-order valence-corrected chi connectivity index (χ3v) is 6.80. The highest BCUT2D eigenvalue weighted by Crippen LogP contribution is 2.35. The van der Waals surface area contributed by atoms with Crippen LogP contribution in [0.5, 0.6) is 0 Å². The second kappa shape index (κ2) is 8.86. The molecule has 1 amide bonds. The van der Waals surface area contributed by atoms with E-state index in [0.717, 1.165) is 30.0 Å². The first-order chi connectivity index (χ1) is 14.8. The summed E-state index contributed by atoms with van der Waals surface area (Å²) in [6.07, 6.45) is -1.53. The number of hydrogen-bond donors (Lipinski definition) is 0. The fraction of sp³-hybridized carbons (Fsp3) is 0.391. The first kappa shape index (κ1) is 21.6. The second-order valence-corrected chi connectivity index (χ2v) is 8.90. The van der Waals surface area contributed by atoms with Crippen molar-refractivity contribution in [3.05, 3.63) is 64.7 Å². The Morgan fingerprint density at radius 2 is 1.84 bits per heavy atom. The van der Waals surface area contributed by atoms with Gasteiger partial charge in [-0.05, 0) is 55.9 Å². The number of thiophene rings is 1. The molecule has 4 nitrogen and oxygen atoms in total. The van der Waals surface area contributed by atoms with Crippen LogP contribution in [0.4, 0.5) is 13.2 Å². The molecule has 31 heavy (non-hydrogen) atoms. The van der Waals surface area contributed by atoms with Crippen molar-refractivity contribution in [2.45, 2.75) is 38.9 Å². The number of piperidine rings is 1. The number of aryl methyl sites for hydroxylation is 1. The number of rotatable bonds is 5. The van der Waals surface area contributed by atoms with Gasteiger partial charge in [0.15, 0.2) is 0 Å². The van der Waals surface area contributed by atoms with Gasteiger partial charge in [-0.2, -0.15) is 18.3 Å². The molecule has 0 saturated carbocycles. The van der Waals surface area contributed by atoms with E-state index in [2.05, 4.69) is 17.2 Å². The van der Waals surface area contributed by atoms with Crippen molar-refractivity contribution in [2.24, 2.45) is 5.92 Å². The fourth-order valence-electron chi connectivity index (χ4n) is 4.04. The molecule has 8 heteroatoms. The third kappa shape index (κ3) is 4.84. The monoisotopic (exact) mass is 447 g/mol. The van der Waals surface area contributed by atoms with Crippen LogP contribution in [0.15, 0.2) is 48.5 Å². The zero-order chi connectivity index (χ0) is 22.0. The van der Waals surface area contributed by atoms with Crippen LogP contribution in [0, 0.1) is 5.92 Å². The zero-order valence-corrected chi connectivity index (χ0v) is 18.0. The van der Waals surface area contributed by atoms with Crippen molar-refractivity contribution in [3.63, 3.8) is 0 Å². The molecule has 1 fully saturated rings. The minimum atomic E-state index is -4.46. The molecular formula is C23H24F3N3OS. The Kier molecular flexibility index (Phi) is 6.18. The lowest BCUT2D eigenvalue weighted by Gasteiger charge is -2.31. The average molecular weight is 448 g/mol. The fourth-order valence-corrected chi connectivity index (χ4v) is 4.97. The zero-order valence-electron chi connectivity index (χ0n) is 17.2. The summed E-state index contributed by atoms with van der Waals surface area (Å²) < 4.78 is 40.5. The van der Waals surface area contributed by atoms with Gasteiger partial charge >= 0.3 is 6.18 Å². The van der Waals surface area contributed by atoms with E-state index in [4.69, 9.17) is 0 Å². The molecule has 1 aromatic carbocycles. The molecule has 0 atom stereocenters. The first-order valence-electron chi connectivity index (χ1n) is 10.4. The van der Waals surface area contributed by atoms with E-state index in [1.54, 1.807) is 19.1 Å². The topological polar surface area (TPSA) is 38.1 Å². The summed E-state index contributed by atoms with van der Waals surface area (Å²) >= 11 is 1.20. The SMILES string of the molecule is CCn1nc(-c2ccc(C(=O)N3CCC(Cc4ccccc4)CC3)s2)cc1C(F)(F)F. The van der Waals surface area contributed by atoms with Crippen molar-refractivity contribution in [1.82, 2.24) is 14.7 Å². The molecular weight excluding hydrogens is 423 g/mol. The van der Waals surface area contributed by atoms with Crippen molar-refractivity contribution < 1.29 is 18.0 Å². The minimum Gasteiger partial charge on any atom is -0.338 e. The van der Waals surface area contributed by atoms with E-state index >= 15 is 0 Å². The molecule has 3 aromatic rings. The summed E-state index contributed by atoms with van der Waals surface area (Å²) in [5.41, 5.74) is 0.798. The van der Waals surface area contributed by atoms with Gasteiger partial charge in [0.25, 0.3) is 5.91 Å². The Hall–Kier alpha value is -2.61. The number of nitrogens with zero attached hydrogens (tertiary/aromatic N) is 3. The van der Waals surface area contributed by atoms with Crippen molar-refractivity contribution in [2.75, 3.05) is 13.1 Å². The Morgan fingerprint density at radius 3 is 2.45 bits per heavy atom. The molecule has 0 radical (unpaired) electrons. The summed E-state index contributed by atoms with van der Waals surface area (Å²) in [5, 5.41) is 4.08. The van der Waals surface area contributed by atoms with Gasteiger partial charge in [0, 0.05) is 19.6 Å². The summed E-state index contributed by atoms with van der Waals surface area (Å²) in [6.45, 7) is 3.15. The summed E-state index contributed by atoms with van der Waals surface area (Å²) in [4.78, 5) is 15.9. The Labute approximate surface area is 183 Å². The largest absolute Gasteiger partial charge is 0.433 e. The summed E-state index contributed by atoms with van der Waals surface area (Å²) in [7, 11) is 0. The van der Waals surface area contributed by atoms with Crippen LogP contribution in [-0.4, -0.2) is 33.7 Å². The number of halogens is 3. The van der Waals surface area contributed by atoms with E-state index in [9.17, 15) is 18.0 Å². The molecule has 3 heterocycles. The highest BCUT2D eigenvalue weighted by atomic mass is 32.1. The lowest BCUT2D eigenvalue weighted by atomic mass is 9.90. The molecule has 0 N–H and O–H groups in total. The van der Waals surface area contributed by atoms with Crippen LogP contribution in [0.1, 0.15) is 40.7 Å². The van der Waals surface area contributed by atoms with E-state index in [1.165, 1.54) is 16.9 Å². The third-order valence-electron chi connectivity index (χ3n) is 5.71. The molecule has 1 aliphatic rings. The van der Waals surface area contributed by atoms with E-state index in [-0.39, 0.29) is 18.1 Å². The van der Waals surface area contributed by atoms with Crippen LogP contribution in [-0.2, 0) is 19.1 Å². The Morgan fingerprint density at radius 1 is 1.13 bits per heavy atom. The number of benzene rings is 1. The van der Waals surface area contributed by atoms with Crippen LogP contribution >= 0.6 is 11.3 Å². The highest BCUT2D eigenvalue weighted by Gasteiger charge is 2.36. The number of amides is 1. The maximum atomic E-state index is 13.2. The van der Waals surface area contributed by atoms with E-state index < -0.39 is 11.9 Å². The lowest BCUT2D eigenvalue weighted by molar-refractivity contribution is -0.144. The molecule has 0 unspecified atom stereocenters. The average Bonchev–Trinajstić information content (AvgIpc) is 3.41. The number of carbonyl (C=O) groups is 1. The number of hydrogen-bond acceptors (Lipinski definition) is 3. The van der Waals surface area contributed by atoms with Gasteiger partial charge in [-0.3, -0.25) is 9.48 Å². The molecule has 0 aliphatic carbocycles. The van der Waals surface area contributed by atoms with Crippen molar-refractivity contribution >= 4 is 17.2 Å². The van der Waals surface area contributed by atoms with Gasteiger partial charge < -0.3 is 4.90 Å². The van der Waals surface area contributed by atoms with Crippen LogP contribution < -0.4 is 0 Å². The van der Waals surface area contributed by atoms with E-state index in [1.807, 2.05) is 23.1 Å². The standard InChI is InChI=1S/C23H24F3N3OS/c1-2-29-21(23(24,25)26)15-18(27-29)19-8-9-20(31-19)22(30)28-12-10-17(11-13-28)14-16-6-4-3-5-7-16/h3-9,15,17H,2,10-14H2,1H3. The number of alkyl halides is 3. The second-order valence-electron chi connectivity index (χ2n) is 7.82. The quantitative estimate of drug-likeness (QED) is 0.500. The number of carbonyl (C=O) groups excluding carboxylic acids is 1. The van der Waals surface area contributed by atoms with Gasteiger partial charge in [0.05, 0.1) is 9.75 Å². The predicted octanol–water partition coefficient (Wildman–Crippen LogP) is 5.75. The summed E-state index contributed by atoms with van der Waals surface area (Å²) in [5.74, 6) is 0.504. The normalized spacial score (nSPS) is 15.4. The van der Waals surface area contributed by atoms with Gasteiger partial charge in [-0.15, -0.1) is 11.3 Å². The van der Waals surface area contributed by atoms with Crippen LogP contribution in [0.2, 0.25) is 0 Å². The summed E-state index contributed by atoms with van der Waals surface area (Å²) in [6, 6.07) is 14.8. The molecule has 0 spiro atoms. The number of aromatic nitrogens is 2. The van der Waals surface area contributed by atoms with Crippen LogP contribution in [0.25, 0.3) is 10.6 Å². The van der Waals surface area contributed by atoms with Gasteiger partial charge in [0.2, 0.25) is 0 Å². The maximum Gasteiger partial charge on any atom is 0.433 e. The minimum absolute atomic E-state index is 0.0552. The lowest BCUT2D eigenvalue weighted by Crippen LogP contribution is -2.38. The first-order valence-corrected chi connectivity index (χ1v) is 11.2. The predicted molar refractivity (Wildman–Crippen MR) is 115 cm³/mol. The highest BCUT2D eigenvalue weighted by molar-refractivity contribution is 7.17. The van der Waals surface area contributed by atoms with Crippen molar-refractivity contribution in [3.8, 4) is 10.6 Å². The smallest absolute Gasteiger partial charge is 0.338 e. The molecule has 164 valence electrons. The molecule has 1 saturated heterocycles. The molecule has 1 aliphatic heterocycles. The van der Waals surface area contributed by atoms with Gasteiger partial charge in [-0.1, -0.05) is 30.3 Å². The number of likely N-dealkylation sites (tertiary alicyclic amines) is 1. The molecule has 2 aromatic heterocycles. The molecule has 4 rings (SSSR count). The molecule has 0 bridgehead atoms. The van der Waals surface area contributed by atoms with E-state index in [0.29, 0.717) is 28.8 Å². The maximum absolute atomic E-state index is 13.2. The Bertz CT molecular complexity index is 1030. The van der Waals surface area contributed by atoms with Crippen molar-refractivity contribution in [1.29, 1.82) is 0 Å².